The smallest absolute Gasteiger partial charge is 0.267 e. The fraction of sp³-hybridized carbons (Fsp3) is 0.0435. The fourth-order valence-corrected chi connectivity index (χ4v) is 5.02. The normalized spacial score (nSPS) is 11.6. The number of nitrogens with zero attached hydrogens (tertiary/aromatic N) is 3. The number of imidazole rings is 1. The number of aromatic nitrogens is 5. The molecule has 0 fully saturated rings. The summed E-state index contributed by atoms with van der Waals surface area (Å²) in [6.45, 7) is 0. The van der Waals surface area contributed by atoms with E-state index in [9.17, 15) is 22.0 Å². The van der Waals surface area contributed by atoms with E-state index in [1.807, 2.05) is 4.72 Å². The first-order valence-corrected chi connectivity index (χ1v) is 12.2. The number of nitrogens with two attached hydrogens (primary N) is 1. The van der Waals surface area contributed by atoms with E-state index in [0.717, 1.165) is 31.5 Å². The molecule has 16 heteroatoms. The van der Waals surface area contributed by atoms with Crippen LogP contribution in [0.1, 0.15) is 10.5 Å². The van der Waals surface area contributed by atoms with Gasteiger partial charge in [0.15, 0.2) is 22.4 Å². The maximum Gasteiger partial charge on any atom is 0.267 e. The van der Waals surface area contributed by atoms with Gasteiger partial charge in [0.2, 0.25) is 5.88 Å². The van der Waals surface area contributed by atoms with E-state index in [2.05, 4.69) is 25.1 Å². The minimum atomic E-state index is -4.68. The van der Waals surface area contributed by atoms with Crippen LogP contribution in [-0.4, -0.2) is 46.6 Å². The van der Waals surface area contributed by atoms with Gasteiger partial charge in [-0.3, -0.25) is 14.6 Å². The van der Waals surface area contributed by atoms with Gasteiger partial charge in [0, 0.05) is 17.0 Å². The maximum atomic E-state index is 15.5. The SMILES string of the molecule is COc1ncc(F)cc1S(=O)(=O)Nc1ccc(F)c(-c2ccc3c(-c4ncc(C(N)=O)[nH]4)[nH]nc3c2F)c1F. The van der Waals surface area contributed by atoms with Gasteiger partial charge in [0.25, 0.3) is 15.9 Å². The molecular formula is C23H15F4N7O4S. The van der Waals surface area contributed by atoms with Crippen LogP contribution < -0.4 is 15.2 Å². The van der Waals surface area contributed by atoms with Crippen LogP contribution in [0.4, 0.5) is 23.2 Å². The molecule has 11 nitrogen and oxygen atoms in total. The van der Waals surface area contributed by atoms with Crippen molar-refractivity contribution in [2.45, 2.75) is 4.90 Å². The van der Waals surface area contributed by atoms with E-state index in [1.54, 1.807) is 0 Å². The number of rotatable bonds is 7. The average molecular weight is 561 g/mol. The molecule has 0 atom stereocenters. The second-order valence-electron chi connectivity index (χ2n) is 7.98. The molecule has 1 amide bonds. The number of halogens is 4. The number of hydrogen-bond donors (Lipinski definition) is 4. The summed E-state index contributed by atoms with van der Waals surface area (Å²) < 4.78 is 92.0. The molecule has 39 heavy (non-hydrogen) atoms. The first kappa shape index (κ1) is 25.7. The van der Waals surface area contributed by atoms with Gasteiger partial charge in [0.1, 0.15) is 28.5 Å². The molecule has 0 unspecified atom stereocenters. The summed E-state index contributed by atoms with van der Waals surface area (Å²) >= 11 is 0. The summed E-state index contributed by atoms with van der Waals surface area (Å²) in [7, 11) is -3.59. The lowest BCUT2D eigenvalue weighted by Crippen LogP contribution is -2.16. The number of anilines is 1. The number of fused-ring (bicyclic) bond motifs is 1. The van der Waals surface area contributed by atoms with Crippen LogP contribution in [0.2, 0.25) is 0 Å². The Morgan fingerprint density at radius 3 is 2.51 bits per heavy atom. The van der Waals surface area contributed by atoms with Crippen molar-refractivity contribution >= 4 is 32.5 Å². The van der Waals surface area contributed by atoms with Gasteiger partial charge in [0.05, 0.1) is 30.8 Å². The number of hydrogen-bond acceptors (Lipinski definition) is 7. The van der Waals surface area contributed by atoms with Crippen LogP contribution in [-0.2, 0) is 10.0 Å². The van der Waals surface area contributed by atoms with E-state index in [-0.39, 0.29) is 28.1 Å². The highest BCUT2D eigenvalue weighted by Gasteiger charge is 2.27. The highest BCUT2D eigenvalue weighted by Crippen LogP contribution is 2.37. The number of ether oxygens (including phenoxy) is 1. The molecule has 3 heterocycles. The van der Waals surface area contributed by atoms with Crippen molar-refractivity contribution in [1.82, 2.24) is 25.1 Å². The molecule has 0 aliphatic heterocycles. The molecule has 5 N–H and O–H groups in total. The molecule has 2 aromatic carbocycles. The molecule has 0 aliphatic carbocycles. The number of carbonyl (C=O) groups is 1. The molecule has 0 aliphatic rings. The summed E-state index contributed by atoms with van der Waals surface area (Å²) in [5.74, 6) is -5.94. The lowest BCUT2D eigenvalue weighted by Gasteiger charge is -2.14. The van der Waals surface area contributed by atoms with Crippen molar-refractivity contribution in [2.24, 2.45) is 5.73 Å². The predicted molar refractivity (Wildman–Crippen MR) is 129 cm³/mol. The monoisotopic (exact) mass is 561 g/mol. The standard InChI is InChI=1S/C23H15F4N7O4S/c1-38-23-15(6-9(24)7-30-23)39(36,37)34-13-5-4-12(25)16(18(13)27)10-2-3-11-19(17(10)26)32-33-20(11)22-29-8-14(31-22)21(28)35/h2-8,34H,1H3,(H2,28,35)(H,29,31)(H,32,33). The second-order valence-corrected chi connectivity index (χ2v) is 9.63. The Morgan fingerprint density at radius 2 is 1.82 bits per heavy atom. The van der Waals surface area contributed by atoms with E-state index in [0.29, 0.717) is 6.07 Å². The number of amides is 1. The van der Waals surface area contributed by atoms with Crippen molar-refractivity contribution in [2.75, 3.05) is 11.8 Å². The Kier molecular flexibility index (Phi) is 6.18. The lowest BCUT2D eigenvalue weighted by atomic mass is 10.0. The van der Waals surface area contributed by atoms with Gasteiger partial charge < -0.3 is 15.5 Å². The number of primary amides is 1. The Bertz CT molecular complexity index is 1890. The van der Waals surface area contributed by atoms with Crippen molar-refractivity contribution in [3.05, 3.63) is 71.7 Å². The predicted octanol–water partition coefficient (Wildman–Crippen LogP) is 3.48. The summed E-state index contributed by atoms with van der Waals surface area (Å²) in [4.78, 5) is 20.7. The number of benzene rings is 2. The molecule has 0 saturated carbocycles. The molecule has 0 bridgehead atoms. The Hall–Kier alpha value is -4.99. The molecule has 5 rings (SSSR count). The number of sulfonamides is 1. The third-order valence-electron chi connectivity index (χ3n) is 5.62. The van der Waals surface area contributed by atoms with Crippen LogP contribution in [0.25, 0.3) is 33.5 Å². The minimum Gasteiger partial charge on any atom is -0.480 e. The van der Waals surface area contributed by atoms with Gasteiger partial charge in [-0.2, -0.15) is 5.10 Å². The Balaban J connectivity index is 1.58. The van der Waals surface area contributed by atoms with Crippen molar-refractivity contribution in [1.29, 1.82) is 0 Å². The first-order chi connectivity index (χ1) is 18.5. The van der Waals surface area contributed by atoms with E-state index < -0.39 is 66.8 Å². The Labute approximate surface area is 216 Å². The molecule has 3 aromatic heterocycles. The van der Waals surface area contributed by atoms with E-state index >= 15 is 8.78 Å². The van der Waals surface area contributed by atoms with Gasteiger partial charge >= 0.3 is 0 Å². The third-order valence-corrected chi connectivity index (χ3v) is 6.98. The number of H-pyrrole nitrogens is 2. The molecule has 200 valence electrons. The number of aromatic amines is 2. The quantitative estimate of drug-likeness (QED) is 0.221. The number of methoxy groups -OCH3 is 1. The molecule has 5 aromatic rings. The summed E-state index contributed by atoms with van der Waals surface area (Å²) in [5, 5.41) is 6.56. The van der Waals surface area contributed by atoms with Gasteiger partial charge in [-0.25, -0.2) is 35.9 Å². The lowest BCUT2D eigenvalue weighted by molar-refractivity contribution is 0.0996. The van der Waals surface area contributed by atoms with Gasteiger partial charge in [-0.05, 0) is 18.2 Å². The topological polar surface area (TPSA) is 169 Å². The molecular weight excluding hydrogens is 546 g/mol. The van der Waals surface area contributed by atoms with E-state index in [4.69, 9.17) is 10.5 Å². The zero-order valence-corrected chi connectivity index (χ0v) is 20.3. The summed E-state index contributed by atoms with van der Waals surface area (Å²) in [6.07, 6.45) is 1.89. The number of nitrogens with one attached hydrogen (secondary N) is 3. The van der Waals surface area contributed by atoms with Crippen LogP contribution in [0, 0.1) is 23.3 Å². The van der Waals surface area contributed by atoms with E-state index in [1.165, 1.54) is 12.3 Å². The molecule has 0 saturated heterocycles. The van der Waals surface area contributed by atoms with Crippen molar-refractivity contribution in [3.63, 3.8) is 0 Å². The zero-order chi connectivity index (χ0) is 28.1. The number of pyridine rings is 1. The first-order valence-electron chi connectivity index (χ1n) is 10.7. The van der Waals surface area contributed by atoms with Crippen LogP contribution in [0.3, 0.4) is 0 Å². The summed E-state index contributed by atoms with van der Waals surface area (Å²) in [6, 6.07) is 4.48. The highest BCUT2D eigenvalue weighted by atomic mass is 32.2. The molecule has 0 spiro atoms. The molecule has 0 radical (unpaired) electrons. The largest absolute Gasteiger partial charge is 0.480 e. The fourth-order valence-electron chi connectivity index (χ4n) is 3.83. The second kappa shape index (κ2) is 9.39. The third kappa shape index (κ3) is 4.39. The van der Waals surface area contributed by atoms with Crippen LogP contribution >= 0.6 is 0 Å². The van der Waals surface area contributed by atoms with Gasteiger partial charge in [-0.1, -0.05) is 6.07 Å². The van der Waals surface area contributed by atoms with Gasteiger partial charge in [-0.15, -0.1) is 0 Å². The summed E-state index contributed by atoms with van der Waals surface area (Å²) in [5.41, 5.74) is 2.82. The zero-order valence-electron chi connectivity index (χ0n) is 19.5. The number of carbonyl (C=O) groups excluding carboxylic acids is 1. The van der Waals surface area contributed by atoms with Crippen molar-refractivity contribution in [3.8, 4) is 28.5 Å². The minimum absolute atomic E-state index is 0.0140. The maximum absolute atomic E-state index is 15.5. The highest BCUT2D eigenvalue weighted by molar-refractivity contribution is 7.92. The Morgan fingerprint density at radius 1 is 1.05 bits per heavy atom. The van der Waals surface area contributed by atoms with Crippen molar-refractivity contribution < 1.29 is 35.5 Å². The average Bonchev–Trinajstić information content (AvgIpc) is 3.55. The van der Waals surface area contributed by atoms with Crippen LogP contribution in [0.5, 0.6) is 5.88 Å². The van der Waals surface area contributed by atoms with Crippen LogP contribution in [0.15, 0.2) is 47.6 Å².